The molecule has 2 rings (SSSR count). The number of aromatic nitrogens is 1. The SMILES string of the molecule is CCN(CC1CCNCC1)c1ncc(Br)cc1Br. The van der Waals surface area contributed by atoms with Crippen molar-refractivity contribution in [1.82, 2.24) is 10.3 Å². The van der Waals surface area contributed by atoms with Crippen molar-refractivity contribution in [3.63, 3.8) is 0 Å². The maximum Gasteiger partial charge on any atom is 0.142 e. The molecule has 1 saturated heterocycles. The van der Waals surface area contributed by atoms with E-state index in [4.69, 9.17) is 0 Å². The highest BCUT2D eigenvalue weighted by Crippen LogP contribution is 2.28. The Morgan fingerprint density at radius 2 is 2.11 bits per heavy atom. The second kappa shape index (κ2) is 6.87. The van der Waals surface area contributed by atoms with Crippen LogP contribution in [0.15, 0.2) is 21.2 Å². The summed E-state index contributed by atoms with van der Waals surface area (Å²) in [6, 6.07) is 2.06. The molecule has 18 heavy (non-hydrogen) atoms. The van der Waals surface area contributed by atoms with Crippen molar-refractivity contribution in [3.05, 3.63) is 21.2 Å². The van der Waals surface area contributed by atoms with E-state index in [9.17, 15) is 0 Å². The van der Waals surface area contributed by atoms with E-state index in [1.54, 1.807) is 0 Å². The van der Waals surface area contributed by atoms with Crippen LogP contribution >= 0.6 is 31.9 Å². The highest BCUT2D eigenvalue weighted by atomic mass is 79.9. The average molecular weight is 377 g/mol. The molecule has 1 fully saturated rings. The van der Waals surface area contributed by atoms with Crippen LogP contribution in [0.1, 0.15) is 19.8 Å². The molecule has 3 nitrogen and oxygen atoms in total. The molecule has 1 aliphatic rings. The molecule has 0 aromatic carbocycles. The van der Waals surface area contributed by atoms with E-state index in [-0.39, 0.29) is 0 Å². The molecule has 0 saturated carbocycles. The van der Waals surface area contributed by atoms with Gasteiger partial charge in [-0.3, -0.25) is 0 Å². The zero-order valence-corrected chi connectivity index (χ0v) is 13.8. The zero-order valence-electron chi connectivity index (χ0n) is 10.6. The van der Waals surface area contributed by atoms with E-state index in [2.05, 4.69) is 60.1 Å². The first-order chi connectivity index (χ1) is 8.70. The van der Waals surface area contributed by atoms with Gasteiger partial charge in [0.1, 0.15) is 5.82 Å². The third kappa shape index (κ3) is 3.68. The summed E-state index contributed by atoms with van der Waals surface area (Å²) in [7, 11) is 0. The van der Waals surface area contributed by atoms with Gasteiger partial charge in [-0.25, -0.2) is 4.98 Å². The van der Waals surface area contributed by atoms with Crippen molar-refractivity contribution in [2.24, 2.45) is 5.92 Å². The largest absolute Gasteiger partial charge is 0.356 e. The van der Waals surface area contributed by atoms with Crippen molar-refractivity contribution in [3.8, 4) is 0 Å². The summed E-state index contributed by atoms with van der Waals surface area (Å²) >= 11 is 7.05. The maximum absolute atomic E-state index is 4.53. The normalized spacial score (nSPS) is 16.8. The Labute approximate surface area is 126 Å². The predicted octanol–water partition coefficient (Wildman–Crippen LogP) is 3.43. The summed E-state index contributed by atoms with van der Waals surface area (Å²) in [4.78, 5) is 6.90. The van der Waals surface area contributed by atoms with Gasteiger partial charge in [-0.1, -0.05) is 0 Å². The molecular weight excluding hydrogens is 358 g/mol. The van der Waals surface area contributed by atoms with Crippen molar-refractivity contribution in [2.45, 2.75) is 19.8 Å². The standard InChI is InChI=1S/C13H19Br2N3/c1-2-18(9-10-3-5-16-6-4-10)13-12(15)7-11(14)8-17-13/h7-8,10,16H,2-6,9H2,1H3. The number of anilines is 1. The first-order valence-corrected chi connectivity index (χ1v) is 8.06. The minimum Gasteiger partial charge on any atom is -0.356 e. The minimum atomic E-state index is 0.781. The summed E-state index contributed by atoms with van der Waals surface area (Å²) in [6.45, 7) is 6.59. The highest BCUT2D eigenvalue weighted by molar-refractivity contribution is 9.11. The lowest BCUT2D eigenvalue weighted by molar-refractivity contribution is 0.374. The van der Waals surface area contributed by atoms with Gasteiger partial charge >= 0.3 is 0 Å². The molecule has 1 aromatic rings. The fraction of sp³-hybridized carbons (Fsp3) is 0.615. The molecule has 0 radical (unpaired) electrons. The average Bonchev–Trinajstić information content (AvgIpc) is 2.38. The van der Waals surface area contributed by atoms with Gasteiger partial charge in [0.2, 0.25) is 0 Å². The van der Waals surface area contributed by atoms with E-state index in [0.717, 1.165) is 46.9 Å². The first-order valence-electron chi connectivity index (χ1n) is 6.47. The van der Waals surface area contributed by atoms with Gasteiger partial charge in [0.05, 0.1) is 4.47 Å². The van der Waals surface area contributed by atoms with Crippen LogP contribution in [0, 0.1) is 5.92 Å². The highest BCUT2D eigenvalue weighted by Gasteiger charge is 2.18. The Hall–Kier alpha value is -0.130. The van der Waals surface area contributed by atoms with E-state index in [1.807, 2.05) is 6.20 Å². The molecular formula is C13H19Br2N3. The van der Waals surface area contributed by atoms with Gasteiger partial charge in [-0.2, -0.15) is 0 Å². The van der Waals surface area contributed by atoms with Crippen molar-refractivity contribution in [2.75, 3.05) is 31.1 Å². The van der Waals surface area contributed by atoms with Gasteiger partial charge in [0.15, 0.2) is 0 Å². The fourth-order valence-corrected chi connectivity index (χ4v) is 3.62. The predicted molar refractivity (Wildman–Crippen MR) is 83.1 cm³/mol. The number of nitrogens with one attached hydrogen (secondary N) is 1. The molecule has 0 atom stereocenters. The van der Waals surface area contributed by atoms with Crippen LogP contribution in [-0.4, -0.2) is 31.2 Å². The Morgan fingerprint density at radius 3 is 2.72 bits per heavy atom. The third-order valence-electron chi connectivity index (χ3n) is 3.41. The second-order valence-electron chi connectivity index (χ2n) is 4.69. The second-order valence-corrected chi connectivity index (χ2v) is 6.46. The van der Waals surface area contributed by atoms with E-state index in [1.165, 1.54) is 12.8 Å². The quantitative estimate of drug-likeness (QED) is 0.872. The molecule has 0 aliphatic carbocycles. The molecule has 0 unspecified atom stereocenters. The van der Waals surface area contributed by atoms with Gasteiger partial charge in [-0.05, 0) is 76.7 Å². The van der Waals surface area contributed by atoms with Crippen LogP contribution in [0.2, 0.25) is 0 Å². The molecule has 1 aliphatic heterocycles. The monoisotopic (exact) mass is 375 g/mol. The topological polar surface area (TPSA) is 28.2 Å². The molecule has 100 valence electrons. The number of hydrogen-bond donors (Lipinski definition) is 1. The molecule has 1 aromatic heterocycles. The number of piperidine rings is 1. The molecule has 1 N–H and O–H groups in total. The molecule has 2 heterocycles. The van der Waals surface area contributed by atoms with Crippen LogP contribution in [-0.2, 0) is 0 Å². The lowest BCUT2D eigenvalue weighted by Gasteiger charge is -2.30. The van der Waals surface area contributed by atoms with Crippen LogP contribution in [0.3, 0.4) is 0 Å². The first kappa shape index (κ1) is 14.3. The third-order valence-corrected chi connectivity index (χ3v) is 4.42. The number of rotatable bonds is 4. The summed E-state index contributed by atoms with van der Waals surface area (Å²) in [5.74, 6) is 1.84. The van der Waals surface area contributed by atoms with Gasteiger partial charge in [0.25, 0.3) is 0 Å². The lowest BCUT2D eigenvalue weighted by Crippen LogP contribution is -2.36. The van der Waals surface area contributed by atoms with Crippen LogP contribution in [0.25, 0.3) is 0 Å². The van der Waals surface area contributed by atoms with E-state index >= 15 is 0 Å². The van der Waals surface area contributed by atoms with Crippen LogP contribution < -0.4 is 10.2 Å². The Morgan fingerprint density at radius 1 is 1.39 bits per heavy atom. The van der Waals surface area contributed by atoms with Gasteiger partial charge < -0.3 is 10.2 Å². The van der Waals surface area contributed by atoms with Crippen molar-refractivity contribution < 1.29 is 0 Å². The minimum absolute atomic E-state index is 0.781. The van der Waals surface area contributed by atoms with E-state index < -0.39 is 0 Å². The summed E-state index contributed by atoms with van der Waals surface area (Å²) in [6.07, 6.45) is 4.40. The van der Waals surface area contributed by atoms with Gasteiger partial charge in [0, 0.05) is 23.8 Å². The fourth-order valence-electron chi connectivity index (χ4n) is 2.38. The van der Waals surface area contributed by atoms with E-state index in [0.29, 0.717) is 0 Å². The summed E-state index contributed by atoms with van der Waals surface area (Å²) < 4.78 is 2.07. The summed E-state index contributed by atoms with van der Waals surface area (Å²) in [5.41, 5.74) is 0. The Kier molecular flexibility index (Phi) is 5.45. The molecule has 0 amide bonds. The van der Waals surface area contributed by atoms with Crippen molar-refractivity contribution >= 4 is 37.7 Å². The number of nitrogens with zero attached hydrogens (tertiary/aromatic N) is 2. The van der Waals surface area contributed by atoms with Crippen molar-refractivity contribution in [1.29, 1.82) is 0 Å². The summed E-state index contributed by atoms with van der Waals surface area (Å²) in [5, 5.41) is 3.41. The molecule has 0 bridgehead atoms. The smallest absolute Gasteiger partial charge is 0.142 e. The van der Waals surface area contributed by atoms with Crippen LogP contribution in [0.5, 0.6) is 0 Å². The molecule has 0 spiro atoms. The lowest BCUT2D eigenvalue weighted by atomic mass is 9.97. The Bertz CT molecular complexity index is 392. The van der Waals surface area contributed by atoms with Crippen LogP contribution in [0.4, 0.5) is 5.82 Å². The Balaban J connectivity index is 2.07. The van der Waals surface area contributed by atoms with Gasteiger partial charge in [-0.15, -0.1) is 0 Å². The molecule has 5 heteroatoms. The maximum atomic E-state index is 4.53. The number of pyridine rings is 1. The number of halogens is 2. The zero-order chi connectivity index (χ0) is 13.0. The number of hydrogen-bond acceptors (Lipinski definition) is 3.